The Hall–Kier alpha value is -1.43. The zero-order valence-corrected chi connectivity index (χ0v) is 14.3. The summed E-state index contributed by atoms with van der Waals surface area (Å²) in [4.78, 5) is 17.0. The smallest absolute Gasteiger partial charge is 0.228 e. The van der Waals surface area contributed by atoms with Crippen LogP contribution in [0.3, 0.4) is 0 Å². The van der Waals surface area contributed by atoms with Crippen molar-refractivity contribution in [3.8, 4) is 0 Å². The van der Waals surface area contributed by atoms with Crippen LogP contribution in [0.1, 0.15) is 29.3 Å². The molecule has 1 aromatic carbocycles. The van der Waals surface area contributed by atoms with Crippen molar-refractivity contribution >= 4 is 34.0 Å². The SMILES string of the molecule is CCOCCC(=O)Nc1ncc(Cc2cccc(C)c2Cl)s1. The second-order valence-electron chi connectivity index (χ2n) is 4.85. The number of thiazole rings is 1. The Bertz CT molecular complexity index is 643. The number of hydrogen-bond acceptors (Lipinski definition) is 4. The highest BCUT2D eigenvalue weighted by Crippen LogP contribution is 2.26. The Morgan fingerprint density at radius 1 is 1.45 bits per heavy atom. The first kappa shape index (κ1) is 16.9. The summed E-state index contributed by atoms with van der Waals surface area (Å²) in [6.07, 6.45) is 2.83. The van der Waals surface area contributed by atoms with Crippen LogP contribution >= 0.6 is 22.9 Å². The van der Waals surface area contributed by atoms with Gasteiger partial charge in [-0.1, -0.05) is 29.8 Å². The van der Waals surface area contributed by atoms with Crippen LogP contribution in [0.5, 0.6) is 0 Å². The number of hydrogen-bond donors (Lipinski definition) is 1. The van der Waals surface area contributed by atoms with Gasteiger partial charge in [0.1, 0.15) is 0 Å². The van der Waals surface area contributed by atoms with E-state index in [1.54, 1.807) is 6.20 Å². The third-order valence-electron chi connectivity index (χ3n) is 3.11. The molecule has 0 atom stereocenters. The molecule has 118 valence electrons. The van der Waals surface area contributed by atoms with E-state index >= 15 is 0 Å². The quantitative estimate of drug-likeness (QED) is 0.774. The van der Waals surface area contributed by atoms with Crippen molar-refractivity contribution in [2.75, 3.05) is 18.5 Å². The van der Waals surface area contributed by atoms with Gasteiger partial charge in [0.15, 0.2) is 5.13 Å². The van der Waals surface area contributed by atoms with Crippen molar-refractivity contribution < 1.29 is 9.53 Å². The lowest BCUT2D eigenvalue weighted by molar-refractivity contribution is -0.117. The van der Waals surface area contributed by atoms with Crippen molar-refractivity contribution in [1.29, 1.82) is 0 Å². The van der Waals surface area contributed by atoms with E-state index < -0.39 is 0 Å². The number of anilines is 1. The summed E-state index contributed by atoms with van der Waals surface area (Å²) < 4.78 is 5.16. The summed E-state index contributed by atoms with van der Waals surface area (Å²) in [6.45, 7) is 4.94. The number of aryl methyl sites for hydroxylation is 1. The van der Waals surface area contributed by atoms with Crippen molar-refractivity contribution in [2.45, 2.75) is 26.7 Å². The summed E-state index contributed by atoms with van der Waals surface area (Å²) in [5.74, 6) is -0.0806. The number of amides is 1. The molecule has 4 nitrogen and oxygen atoms in total. The molecule has 1 aromatic heterocycles. The lowest BCUT2D eigenvalue weighted by Gasteiger charge is -2.04. The maximum atomic E-state index is 11.7. The van der Waals surface area contributed by atoms with Crippen LogP contribution in [-0.4, -0.2) is 24.1 Å². The highest BCUT2D eigenvalue weighted by Gasteiger charge is 2.09. The molecule has 0 aliphatic heterocycles. The predicted molar refractivity (Wildman–Crippen MR) is 90.8 cm³/mol. The molecule has 0 aliphatic rings. The number of rotatable bonds is 7. The number of carbonyl (C=O) groups excluding carboxylic acids is 1. The van der Waals surface area contributed by atoms with Gasteiger partial charge < -0.3 is 10.1 Å². The Morgan fingerprint density at radius 3 is 3.05 bits per heavy atom. The van der Waals surface area contributed by atoms with Crippen molar-refractivity contribution in [2.24, 2.45) is 0 Å². The molecule has 1 N–H and O–H groups in total. The minimum absolute atomic E-state index is 0.0806. The Balaban J connectivity index is 1.94. The number of ether oxygens (including phenoxy) is 1. The number of halogens is 1. The lowest BCUT2D eigenvalue weighted by atomic mass is 10.1. The first-order chi connectivity index (χ1) is 10.6. The van der Waals surface area contributed by atoms with Crippen molar-refractivity contribution in [3.05, 3.63) is 45.4 Å². The van der Waals surface area contributed by atoms with Gasteiger partial charge in [0.05, 0.1) is 13.0 Å². The molecule has 2 aromatic rings. The van der Waals surface area contributed by atoms with Crippen LogP contribution < -0.4 is 5.32 Å². The molecule has 0 bridgehead atoms. The van der Waals surface area contributed by atoms with Crippen molar-refractivity contribution in [1.82, 2.24) is 4.98 Å². The van der Waals surface area contributed by atoms with Crippen molar-refractivity contribution in [3.63, 3.8) is 0 Å². The maximum absolute atomic E-state index is 11.7. The Kier molecular flexibility index (Phi) is 6.36. The number of benzene rings is 1. The van der Waals surface area contributed by atoms with E-state index in [9.17, 15) is 4.79 Å². The average Bonchev–Trinajstić information content (AvgIpc) is 2.91. The molecule has 1 heterocycles. The minimum Gasteiger partial charge on any atom is -0.381 e. The molecule has 22 heavy (non-hydrogen) atoms. The van der Waals surface area contributed by atoms with E-state index in [2.05, 4.69) is 10.3 Å². The minimum atomic E-state index is -0.0806. The fourth-order valence-corrected chi connectivity index (χ4v) is 3.01. The first-order valence-corrected chi connectivity index (χ1v) is 8.36. The number of aromatic nitrogens is 1. The second kappa shape index (κ2) is 8.27. The summed E-state index contributed by atoms with van der Waals surface area (Å²) in [5, 5.41) is 4.19. The van der Waals surface area contributed by atoms with Gasteiger partial charge in [-0.2, -0.15) is 0 Å². The van der Waals surface area contributed by atoms with E-state index in [-0.39, 0.29) is 5.91 Å². The van der Waals surface area contributed by atoms with Crippen LogP contribution in [0.15, 0.2) is 24.4 Å². The second-order valence-corrected chi connectivity index (χ2v) is 6.34. The van der Waals surface area contributed by atoms with E-state index in [1.165, 1.54) is 11.3 Å². The van der Waals surface area contributed by atoms with Gasteiger partial charge in [0.25, 0.3) is 0 Å². The fraction of sp³-hybridized carbons (Fsp3) is 0.375. The zero-order valence-electron chi connectivity index (χ0n) is 12.7. The van der Waals surface area contributed by atoms with E-state index in [1.807, 2.05) is 32.0 Å². The van der Waals surface area contributed by atoms with Crippen LogP contribution in [0.25, 0.3) is 0 Å². The van der Waals surface area contributed by atoms with Gasteiger partial charge in [-0.25, -0.2) is 4.98 Å². The van der Waals surface area contributed by atoms with Gasteiger partial charge in [-0.05, 0) is 25.0 Å². The van der Waals surface area contributed by atoms with Crippen LogP contribution in [0.4, 0.5) is 5.13 Å². The maximum Gasteiger partial charge on any atom is 0.228 e. The summed E-state index contributed by atoms with van der Waals surface area (Å²) in [5.41, 5.74) is 2.13. The highest BCUT2D eigenvalue weighted by atomic mass is 35.5. The molecule has 0 saturated carbocycles. The fourth-order valence-electron chi connectivity index (χ4n) is 1.97. The van der Waals surface area contributed by atoms with Crippen LogP contribution in [-0.2, 0) is 16.0 Å². The van der Waals surface area contributed by atoms with Gasteiger partial charge in [0, 0.05) is 29.1 Å². The van der Waals surface area contributed by atoms with Crippen LogP contribution in [0.2, 0.25) is 5.02 Å². The molecule has 0 radical (unpaired) electrons. The van der Waals surface area contributed by atoms with E-state index in [4.69, 9.17) is 16.3 Å². The average molecular weight is 339 g/mol. The normalized spacial score (nSPS) is 10.7. The number of nitrogens with zero attached hydrogens (tertiary/aromatic N) is 1. The summed E-state index contributed by atoms with van der Waals surface area (Å²) in [7, 11) is 0. The van der Waals surface area contributed by atoms with Crippen LogP contribution in [0, 0.1) is 6.92 Å². The van der Waals surface area contributed by atoms with E-state index in [0.717, 1.165) is 21.0 Å². The summed E-state index contributed by atoms with van der Waals surface area (Å²) in [6, 6.07) is 5.99. The Morgan fingerprint density at radius 2 is 2.27 bits per heavy atom. The molecular weight excluding hydrogens is 320 g/mol. The zero-order chi connectivity index (χ0) is 15.9. The lowest BCUT2D eigenvalue weighted by Crippen LogP contribution is -2.13. The summed E-state index contributed by atoms with van der Waals surface area (Å²) >= 11 is 7.77. The molecule has 6 heteroatoms. The molecule has 0 saturated heterocycles. The number of carbonyl (C=O) groups is 1. The van der Waals surface area contributed by atoms with Gasteiger partial charge in [0.2, 0.25) is 5.91 Å². The molecule has 2 rings (SSSR count). The molecule has 0 unspecified atom stereocenters. The largest absolute Gasteiger partial charge is 0.381 e. The topological polar surface area (TPSA) is 51.2 Å². The van der Waals surface area contributed by atoms with E-state index in [0.29, 0.717) is 31.2 Å². The molecule has 0 spiro atoms. The highest BCUT2D eigenvalue weighted by molar-refractivity contribution is 7.15. The van der Waals surface area contributed by atoms with Gasteiger partial charge in [-0.3, -0.25) is 4.79 Å². The predicted octanol–water partition coefficient (Wildman–Crippen LogP) is 4.06. The van der Waals surface area contributed by atoms with Gasteiger partial charge in [-0.15, -0.1) is 11.3 Å². The number of nitrogens with one attached hydrogen (secondary N) is 1. The molecule has 0 aliphatic carbocycles. The Labute approximate surface area is 139 Å². The molecule has 1 amide bonds. The third-order valence-corrected chi connectivity index (χ3v) is 4.57. The molecular formula is C16H19ClN2O2S. The third kappa shape index (κ3) is 4.80. The standard InChI is InChI=1S/C16H19ClN2O2S/c1-3-21-8-7-14(20)19-16-18-10-13(22-16)9-12-6-4-5-11(2)15(12)17/h4-6,10H,3,7-9H2,1-2H3,(H,18,19,20). The molecule has 0 fully saturated rings. The first-order valence-electron chi connectivity index (χ1n) is 7.16. The monoisotopic (exact) mass is 338 g/mol. The van der Waals surface area contributed by atoms with Gasteiger partial charge >= 0.3 is 0 Å².